The molecule has 1 N–H and O–H groups in total. The van der Waals surface area contributed by atoms with Crippen LogP contribution in [-0.2, 0) is 9.59 Å². The number of imidazole rings is 1. The fourth-order valence-electron chi connectivity index (χ4n) is 4.32. The molecule has 6 heteroatoms. The highest BCUT2D eigenvalue weighted by atomic mass is 16.2. The first-order chi connectivity index (χ1) is 15.9. The Labute approximate surface area is 192 Å². The van der Waals surface area contributed by atoms with Crippen LogP contribution >= 0.6 is 0 Å². The molecule has 166 valence electrons. The van der Waals surface area contributed by atoms with E-state index in [1.54, 1.807) is 4.90 Å². The highest BCUT2D eigenvalue weighted by Gasteiger charge is 2.35. The van der Waals surface area contributed by atoms with E-state index in [1.165, 1.54) is 5.56 Å². The Bertz CT molecular complexity index is 1390. The number of anilines is 2. The van der Waals surface area contributed by atoms with Crippen molar-refractivity contribution < 1.29 is 9.59 Å². The molecule has 0 aliphatic carbocycles. The van der Waals surface area contributed by atoms with Crippen LogP contribution in [0.15, 0.2) is 67.0 Å². The maximum atomic E-state index is 13.0. The molecule has 1 atom stereocenters. The number of nitrogens with one attached hydrogen (secondary N) is 1. The largest absolute Gasteiger partial charge is 0.326 e. The number of carbonyl (C=O) groups excluding carboxylic acids is 2. The van der Waals surface area contributed by atoms with Crippen LogP contribution in [0.5, 0.6) is 0 Å². The molecule has 33 heavy (non-hydrogen) atoms. The summed E-state index contributed by atoms with van der Waals surface area (Å²) in [6.45, 7) is 6.50. The van der Waals surface area contributed by atoms with Gasteiger partial charge in [-0.15, -0.1) is 0 Å². The molecule has 0 spiro atoms. The number of amides is 2. The minimum atomic E-state index is -0.388. The Morgan fingerprint density at radius 1 is 1.00 bits per heavy atom. The van der Waals surface area contributed by atoms with E-state index in [9.17, 15) is 9.59 Å². The number of carbonyl (C=O) groups is 2. The average Bonchev–Trinajstić information content (AvgIpc) is 3.41. The number of pyridine rings is 1. The molecule has 1 aliphatic heterocycles. The molecule has 1 aliphatic rings. The van der Waals surface area contributed by atoms with Crippen LogP contribution in [-0.4, -0.2) is 27.7 Å². The third-order valence-corrected chi connectivity index (χ3v) is 6.40. The van der Waals surface area contributed by atoms with Crippen molar-refractivity contribution >= 4 is 28.8 Å². The second-order valence-corrected chi connectivity index (χ2v) is 8.79. The lowest BCUT2D eigenvalue weighted by Gasteiger charge is -2.18. The molecule has 2 aromatic heterocycles. The van der Waals surface area contributed by atoms with Gasteiger partial charge in [-0.1, -0.05) is 24.3 Å². The summed E-state index contributed by atoms with van der Waals surface area (Å²) < 4.78 is 2.00. The molecule has 0 radical (unpaired) electrons. The van der Waals surface area contributed by atoms with Gasteiger partial charge in [0.15, 0.2) is 0 Å². The molecule has 0 saturated carbocycles. The van der Waals surface area contributed by atoms with E-state index in [0.29, 0.717) is 12.2 Å². The summed E-state index contributed by atoms with van der Waals surface area (Å²) in [4.78, 5) is 32.1. The highest BCUT2D eigenvalue weighted by Crippen LogP contribution is 2.28. The second kappa shape index (κ2) is 8.20. The van der Waals surface area contributed by atoms with Gasteiger partial charge >= 0.3 is 0 Å². The van der Waals surface area contributed by atoms with Crippen molar-refractivity contribution in [2.45, 2.75) is 27.2 Å². The summed E-state index contributed by atoms with van der Waals surface area (Å²) in [6.07, 6.45) is 4.17. The molecule has 0 unspecified atom stereocenters. The number of nitrogens with zero attached hydrogens (tertiary/aromatic N) is 3. The number of benzene rings is 2. The van der Waals surface area contributed by atoms with Crippen LogP contribution in [0.1, 0.15) is 23.1 Å². The van der Waals surface area contributed by atoms with Crippen LogP contribution in [0.2, 0.25) is 0 Å². The average molecular weight is 439 g/mol. The molecule has 4 aromatic rings. The maximum absolute atomic E-state index is 13.0. The van der Waals surface area contributed by atoms with Crippen molar-refractivity contribution in [3.8, 4) is 11.3 Å². The van der Waals surface area contributed by atoms with E-state index in [0.717, 1.165) is 33.7 Å². The molecular formula is C27H26N4O2. The zero-order valence-electron chi connectivity index (χ0n) is 19.0. The van der Waals surface area contributed by atoms with Crippen LogP contribution in [0.3, 0.4) is 0 Å². The van der Waals surface area contributed by atoms with E-state index < -0.39 is 0 Å². The number of aromatic nitrogens is 2. The summed E-state index contributed by atoms with van der Waals surface area (Å²) >= 11 is 0. The lowest BCUT2D eigenvalue weighted by Crippen LogP contribution is -2.28. The second-order valence-electron chi connectivity index (χ2n) is 8.79. The number of aryl methyl sites for hydroxylation is 3. The fraction of sp³-hybridized carbons (Fsp3) is 0.222. The van der Waals surface area contributed by atoms with Crippen molar-refractivity contribution in [1.29, 1.82) is 0 Å². The Kier molecular flexibility index (Phi) is 5.21. The predicted molar refractivity (Wildman–Crippen MR) is 130 cm³/mol. The van der Waals surface area contributed by atoms with Gasteiger partial charge in [0.1, 0.15) is 5.65 Å². The normalized spacial score (nSPS) is 15.9. The lowest BCUT2D eigenvalue weighted by molar-refractivity contribution is -0.122. The predicted octanol–water partition coefficient (Wildman–Crippen LogP) is 4.92. The van der Waals surface area contributed by atoms with Crippen LogP contribution in [0.25, 0.3) is 16.9 Å². The molecule has 1 saturated heterocycles. The molecule has 5 rings (SSSR count). The molecular weight excluding hydrogens is 412 g/mol. The SMILES string of the molecule is Cc1ccc(N2C[C@@H](C(=O)Nc3cccc(-c4cn5cccc(C)c5n4)c3)CC2=O)cc1C. The Hall–Kier alpha value is -3.93. The fourth-order valence-corrected chi connectivity index (χ4v) is 4.32. The van der Waals surface area contributed by atoms with Gasteiger partial charge in [0.25, 0.3) is 0 Å². The molecule has 3 heterocycles. The van der Waals surface area contributed by atoms with Gasteiger partial charge in [-0.2, -0.15) is 0 Å². The van der Waals surface area contributed by atoms with Gasteiger partial charge < -0.3 is 14.6 Å². The standard InChI is InChI=1S/C27H26N4O2/c1-17-9-10-23(12-19(17)3)31-15-21(14-25(31)32)27(33)28-22-8-4-7-20(13-22)24-16-30-11-5-6-18(2)26(30)29-24/h4-13,16,21H,14-15H2,1-3H3,(H,28,33)/t21-/m0/s1. The van der Waals surface area contributed by atoms with Crippen LogP contribution in [0, 0.1) is 26.7 Å². The first-order valence-corrected chi connectivity index (χ1v) is 11.1. The quantitative estimate of drug-likeness (QED) is 0.492. The summed E-state index contributed by atoms with van der Waals surface area (Å²) in [5.74, 6) is -0.550. The van der Waals surface area contributed by atoms with Crippen LogP contribution < -0.4 is 10.2 Å². The van der Waals surface area contributed by atoms with Crippen molar-refractivity contribution in [1.82, 2.24) is 9.38 Å². The van der Waals surface area contributed by atoms with E-state index in [-0.39, 0.29) is 24.2 Å². The summed E-state index contributed by atoms with van der Waals surface area (Å²) in [6, 6.07) is 17.7. The van der Waals surface area contributed by atoms with Gasteiger partial charge in [-0.25, -0.2) is 4.98 Å². The number of rotatable bonds is 4. The maximum Gasteiger partial charge on any atom is 0.229 e. The molecule has 2 amide bonds. The first kappa shape index (κ1) is 20.9. The van der Waals surface area contributed by atoms with Gasteiger partial charge in [0.05, 0.1) is 11.6 Å². The summed E-state index contributed by atoms with van der Waals surface area (Å²) in [5, 5.41) is 3.00. The van der Waals surface area contributed by atoms with Crippen molar-refractivity contribution in [2.24, 2.45) is 5.92 Å². The Morgan fingerprint density at radius 3 is 2.64 bits per heavy atom. The zero-order valence-corrected chi connectivity index (χ0v) is 19.0. The number of hydrogen-bond acceptors (Lipinski definition) is 3. The number of hydrogen-bond donors (Lipinski definition) is 1. The van der Waals surface area contributed by atoms with Crippen molar-refractivity contribution in [3.05, 3.63) is 83.7 Å². The minimum absolute atomic E-state index is 0.0211. The summed E-state index contributed by atoms with van der Waals surface area (Å²) in [5.41, 5.74) is 7.65. The van der Waals surface area contributed by atoms with Gasteiger partial charge in [-0.05, 0) is 67.8 Å². The van der Waals surface area contributed by atoms with Gasteiger partial charge in [0.2, 0.25) is 11.8 Å². The van der Waals surface area contributed by atoms with E-state index in [4.69, 9.17) is 4.98 Å². The van der Waals surface area contributed by atoms with Gasteiger partial charge in [-0.3, -0.25) is 9.59 Å². The van der Waals surface area contributed by atoms with E-state index >= 15 is 0 Å². The zero-order chi connectivity index (χ0) is 23.1. The third kappa shape index (κ3) is 4.00. The topological polar surface area (TPSA) is 66.7 Å². The summed E-state index contributed by atoms with van der Waals surface area (Å²) in [7, 11) is 0. The Balaban J connectivity index is 1.32. The monoisotopic (exact) mass is 438 g/mol. The molecule has 2 aromatic carbocycles. The highest BCUT2D eigenvalue weighted by molar-refractivity contribution is 6.03. The minimum Gasteiger partial charge on any atom is -0.326 e. The number of fused-ring (bicyclic) bond motifs is 1. The van der Waals surface area contributed by atoms with Crippen molar-refractivity contribution in [3.63, 3.8) is 0 Å². The smallest absolute Gasteiger partial charge is 0.229 e. The van der Waals surface area contributed by atoms with Gasteiger partial charge in [0, 0.05) is 42.3 Å². The van der Waals surface area contributed by atoms with E-state index in [2.05, 4.69) is 5.32 Å². The molecule has 0 bridgehead atoms. The van der Waals surface area contributed by atoms with Crippen LogP contribution in [0.4, 0.5) is 11.4 Å². The Morgan fingerprint density at radius 2 is 1.85 bits per heavy atom. The van der Waals surface area contributed by atoms with Crippen molar-refractivity contribution in [2.75, 3.05) is 16.8 Å². The molecule has 6 nitrogen and oxygen atoms in total. The van der Waals surface area contributed by atoms with E-state index in [1.807, 2.05) is 92.2 Å². The third-order valence-electron chi connectivity index (χ3n) is 6.40. The first-order valence-electron chi connectivity index (χ1n) is 11.1. The molecule has 1 fully saturated rings. The lowest BCUT2D eigenvalue weighted by atomic mass is 10.1.